The van der Waals surface area contributed by atoms with Gasteiger partial charge in [-0.2, -0.15) is 11.8 Å². The second-order valence-corrected chi connectivity index (χ2v) is 4.11. The van der Waals surface area contributed by atoms with Crippen molar-refractivity contribution in [3.63, 3.8) is 0 Å². The van der Waals surface area contributed by atoms with E-state index in [-0.39, 0.29) is 12.2 Å². The first-order valence-electron chi connectivity index (χ1n) is 4.81. The summed E-state index contributed by atoms with van der Waals surface area (Å²) in [6, 6.07) is 0. The van der Waals surface area contributed by atoms with Gasteiger partial charge in [0.2, 0.25) is 0 Å². The van der Waals surface area contributed by atoms with Gasteiger partial charge in [0.05, 0.1) is 0 Å². The highest BCUT2D eigenvalue weighted by atomic mass is 32.2. The number of hydrogen-bond donors (Lipinski definition) is 3. The molecule has 1 rings (SSSR count). The van der Waals surface area contributed by atoms with Crippen LogP contribution in [-0.4, -0.2) is 39.7 Å². The second-order valence-electron chi connectivity index (χ2n) is 2.88. The van der Waals surface area contributed by atoms with Gasteiger partial charge in [0.25, 0.3) is 5.56 Å². The molecule has 0 spiro atoms. The van der Waals surface area contributed by atoms with Crippen LogP contribution in [-0.2, 0) is 0 Å². The van der Waals surface area contributed by atoms with Crippen LogP contribution in [0.15, 0.2) is 17.2 Å². The smallest absolute Gasteiger partial charge is 0.290 e. The summed E-state index contributed by atoms with van der Waals surface area (Å²) >= 11 is 1.74. The minimum absolute atomic E-state index is 0.196. The minimum Gasteiger partial charge on any atom is -0.396 e. The Labute approximate surface area is 92.3 Å². The lowest BCUT2D eigenvalue weighted by atomic mass is 10.5. The molecule has 0 fully saturated rings. The van der Waals surface area contributed by atoms with Gasteiger partial charge in [-0.05, 0) is 12.2 Å². The summed E-state index contributed by atoms with van der Waals surface area (Å²) in [6.07, 6.45) is 3.86. The van der Waals surface area contributed by atoms with Crippen molar-refractivity contribution >= 4 is 17.6 Å². The van der Waals surface area contributed by atoms with Crippen molar-refractivity contribution < 1.29 is 5.11 Å². The Kier molecular flexibility index (Phi) is 5.87. The maximum atomic E-state index is 11.2. The largest absolute Gasteiger partial charge is 0.396 e. The highest BCUT2D eigenvalue weighted by Crippen LogP contribution is 2.01. The fraction of sp³-hybridized carbons (Fsp3) is 0.556. The van der Waals surface area contributed by atoms with E-state index >= 15 is 0 Å². The maximum absolute atomic E-state index is 11.2. The van der Waals surface area contributed by atoms with Crippen LogP contribution in [0.4, 0.5) is 5.82 Å². The molecule has 0 aromatic carbocycles. The predicted molar refractivity (Wildman–Crippen MR) is 62.4 cm³/mol. The topological polar surface area (TPSA) is 78.0 Å². The number of hydrogen-bond acceptors (Lipinski definition) is 5. The Bertz CT molecular complexity index is 329. The Hall–Kier alpha value is -1.01. The Balaban J connectivity index is 2.15. The van der Waals surface area contributed by atoms with Gasteiger partial charge < -0.3 is 15.4 Å². The van der Waals surface area contributed by atoms with E-state index < -0.39 is 0 Å². The number of aliphatic hydroxyl groups is 1. The lowest BCUT2D eigenvalue weighted by Crippen LogP contribution is -2.17. The van der Waals surface area contributed by atoms with Crippen LogP contribution >= 0.6 is 11.8 Å². The Morgan fingerprint density at radius 3 is 3.13 bits per heavy atom. The van der Waals surface area contributed by atoms with Crippen LogP contribution in [0.25, 0.3) is 0 Å². The first-order valence-corrected chi connectivity index (χ1v) is 5.96. The normalized spacial score (nSPS) is 10.2. The highest BCUT2D eigenvalue weighted by Gasteiger charge is 1.97. The quantitative estimate of drug-likeness (QED) is 0.586. The molecule has 6 heteroatoms. The lowest BCUT2D eigenvalue weighted by Gasteiger charge is -2.03. The second kappa shape index (κ2) is 7.30. The average molecular weight is 229 g/mol. The third-order valence-electron chi connectivity index (χ3n) is 1.69. The molecule has 1 heterocycles. The molecule has 84 valence electrons. The number of H-pyrrole nitrogens is 1. The van der Waals surface area contributed by atoms with Gasteiger partial charge in [-0.25, -0.2) is 4.98 Å². The summed E-state index contributed by atoms with van der Waals surface area (Å²) in [5.74, 6) is 2.20. The van der Waals surface area contributed by atoms with E-state index in [4.69, 9.17) is 5.11 Å². The highest BCUT2D eigenvalue weighted by molar-refractivity contribution is 7.99. The summed E-state index contributed by atoms with van der Waals surface area (Å²) in [5.41, 5.74) is -0.196. The number of rotatable bonds is 7. The number of anilines is 1. The zero-order chi connectivity index (χ0) is 10.9. The predicted octanol–water partition coefficient (Wildman–Crippen LogP) is 0.297. The fourth-order valence-electron chi connectivity index (χ4n) is 0.988. The van der Waals surface area contributed by atoms with Crippen LogP contribution < -0.4 is 10.9 Å². The lowest BCUT2D eigenvalue weighted by molar-refractivity contribution is 0.296. The molecule has 0 saturated carbocycles. The molecule has 0 bridgehead atoms. The maximum Gasteiger partial charge on any atom is 0.290 e. The molecule has 3 N–H and O–H groups in total. The van der Waals surface area contributed by atoms with E-state index in [9.17, 15) is 4.79 Å². The van der Waals surface area contributed by atoms with E-state index in [1.165, 1.54) is 6.20 Å². The summed E-state index contributed by atoms with van der Waals surface area (Å²) in [4.78, 5) is 17.6. The van der Waals surface area contributed by atoms with Gasteiger partial charge in [0.1, 0.15) is 0 Å². The van der Waals surface area contributed by atoms with Crippen LogP contribution in [0.3, 0.4) is 0 Å². The van der Waals surface area contributed by atoms with E-state index in [1.807, 2.05) is 0 Å². The first-order chi connectivity index (χ1) is 7.34. The molecule has 5 nitrogen and oxygen atoms in total. The summed E-state index contributed by atoms with van der Waals surface area (Å²) in [6.45, 7) is 0.941. The molecule has 0 aliphatic heterocycles. The van der Waals surface area contributed by atoms with Crippen molar-refractivity contribution in [2.45, 2.75) is 6.42 Å². The number of aromatic amines is 1. The molecule has 0 amide bonds. The molecule has 0 aliphatic carbocycles. The van der Waals surface area contributed by atoms with Gasteiger partial charge in [0, 0.05) is 31.3 Å². The third kappa shape index (κ3) is 4.85. The van der Waals surface area contributed by atoms with Gasteiger partial charge in [-0.1, -0.05) is 0 Å². The molecule has 0 radical (unpaired) electrons. The molecule has 0 unspecified atom stereocenters. The van der Waals surface area contributed by atoms with Gasteiger partial charge in [0.15, 0.2) is 5.82 Å². The van der Waals surface area contributed by atoms with E-state index in [1.54, 1.807) is 18.0 Å². The van der Waals surface area contributed by atoms with Gasteiger partial charge in [-0.3, -0.25) is 4.79 Å². The third-order valence-corrected chi connectivity index (χ3v) is 2.76. The van der Waals surface area contributed by atoms with Gasteiger partial charge in [-0.15, -0.1) is 0 Å². The standard InChI is InChI=1S/C9H15N3O2S/c13-5-1-6-15-7-4-11-8-9(14)12-3-2-10-8/h2-3,13H,1,4-7H2,(H,10,11)(H,12,14). The molecule has 0 atom stereocenters. The first kappa shape index (κ1) is 12.1. The van der Waals surface area contributed by atoms with Crippen molar-refractivity contribution in [3.8, 4) is 0 Å². The molecule has 1 aromatic rings. The van der Waals surface area contributed by atoms with E-state index in [0.29, 0.717) is 12.4 Å². The van der Waals surface area contributed by atoms with Crippen LogP contribution in [0, 0.1) is 0 Å². The van der Waals surface area contributed by atoms with Crippen molar-refractivity contribution in [3.05, 3.63) is 22.7 Å². The Morgan fingerprint density at radius 2 is 2.40 bits per heavy atom. The molecule has 0 saturated heterocycles. The van der Waals surface area contributed by atoms with Crippen LogP contribution in [0.2, 0.25) is 0 Å². The molecular formula is C9H15N3O2S. The van der Waals surface area contributed by atoms with Gasteiger partial charge >= 0.3 is 0 Å². The van der Waals surface area contributed by atoms with Crippen molar-refractivity contribution in [2.75, 3.05) is 30.0 Å². The summed E-state index contributed by atoms with van der Waals surface area (Å²) in [5, 5.41) is 11.5. The fourth-order valence-corrected chi connectivity index (χ4v) is 1.77. The number of thioether (sulfide) groups is 1. The Morgan fingerprint density at radius 1 is 1.53 bits per heavy atom. The van der Waals surface area contributed by atoms with Crippen molar-refractivity contribution in [1.29, 1.82) is 0 Å². The minimum atomic E-state index is -0.196. The van der Waals surface area contributed by atoms with Crippen LogP contribution in [0.5, 0.6) is 0 Å². The molecule has 15 heavy (non-hydrogen) atoms. The average Bonchev–Trinajstić information content (AvgIpc) is 2.25. The van der Waals surface area contributed by atoms with Crippen molar-refractivity contribution in [1.82, 2.24) is 9.97 Å². The zero-order valence-corrected chi connectivity index (χ0v) is 9.22. The zero-order valence-electron chi connectivity index (χ0n) is 8.40. The number of nitrogens with zero attached hydrogens (tertiary/aromatic N) is 1. The number of nitrogens with one attached hydrogen (secondary N) is 2. The monoisotopic (exact) mass is 229 g/mol. The van der Waals surface area contributed by atoms with Crippen molar-refractivity contribution in [2.24, 2.45) is 0 Å². The summed E-state index contributed by atoms with van der Waals surface area (Å²) in [7, 11) is 0. The number of aliphatic hydroxyl groups excluding tert-OH is 1. The van der Waals surface area contributed by atoms with Crippen LogP contribution in [0.1, 0.15) is 6.42 Å². The molecule has 0 aliphatic rings. The molecular weight excluding hydrogens is 214 g/mol. The number of aromatic nitrogens is 2. The van der Waals surface area contributed by atoms with E-state index in [0.717, 1.165) is 17.9 Å². The SMILES string of the molecule is O=c1[nH]ccnc1NCCSCCCO. The summed E-state index contributed by atoms with van der Waals surface area (Å²) < 4.78 is 0. The van der Waals surface area contributed by atoms with E-state index in [2.05, 4.69) is 15.3 Å². The molecule has 1 aromatic heterocycles.